The molecule has 3 N–H and O–H groups in total. The van der Waals surface area contributed by atoms with E-state index in [2.05, 4.69) is 4.98 Å². The van der Waals surface area contributed by atoms with Gasteiger partial charge in [0.05, 0.1) is 5.52 Å². The number of benzene rings is 1. The molecular formula is C12H10N2O3. The summed E-state index contributed by atoms with van der Waals surface area (Å²) in [5, 5.41) is 20.1. The Bertz CT molecular complexity index is 752. The number of nitrogens with zero attached hydrogens (tertiary/aromatic N) is 1. The average molecular weight is 230 g/mol. The SMILES string of the molecule is Cn1c2cc(O)ccc2c2cc(C(=O)O)[nH]c21. The van der Waals surface area contributed by atoms with Gasteiger partial charge in [-0.15, -0.1) is 0 Å². The number of aromatic nitrogens is 2. The molecule has 2 aromatic heterocycles. The van der Waals surface area contributed by atoms with Gasteiger partial charge in [-0.1, -0.05) is 0 Å². The van der Waals surface area contributed by atoms with E-state index in [1.807, 2.05) is 11.6 Å². The zero-order valence-electron chi connectivity index (χ0n) is 9.06. The van der Waals surface area contributed by atoms with Crippen LogP contribution < -0.4 is 0 Å². The second-order valence-corrected chi connectivity index (χ2v) is 4.01. The van der Waals surface area contributed by atoms with Crippen LogP contribution in [0.4, 0.5) is 0 Å². The number of carbonyl (C=O) groups is 1. The molecule has 0 saturated carbocycles. The summed E-state index contributed by atoms with van der Waals surface area (Å²) in [7, 11) is 1.83. The maximum Gasteiger partial charge on any atom is 0.352 e. The van der Waals surface area contributed by atoms with Crippen LogP contribution in [-0.2, 0) is 7.05 Å². The van der Waals surface area contributed by atoms with Crippen molar-refractivity contribution in [1.82, 2.24) is 9.55 Å². The highest BCUT2D eigenvalue weighted by molar-refractivity contribution is 6.09. The molecule has 0 bridgehead atoms. The summed E-state index contributed by atoms with van der Waals surface area (Å²) >= 11 is 0. The maximum atomic E-state index is 10.9. The van der Waals surface area contributed by atoms with Crippen molar-refractivity contribution in [2.75, 3.05) is 0 Å². The molecule has 0 atom stereocenters. The molecule has 0 amide bonds. The summed E-state index contributed by atoms with van der Waals surface area (Å²) in [4.78, 5) is 13.7. The van der Waals surface area contributed by atoms with E-state index in [9.17, 15) is 9.90 Å². The number of H-pyrrole nitrogens is 1. The summed E-state index contributed by atoms with van der Waals surface area (Å²) < 4.78 is 1.83. The lowest BCUT2D eigenvalue weighted by atomic mass is 10.2. The number of nitrogens with one attached hydrogen (secondary N) is 1. The largest absolute Gasteiger partial charge is 0.508 e. The molecule has 0 saturated heterocycles. The molecule has 0 aliphatic heterocycles. The number of aromatic amines is 1. The van der Waals surface area contributed by atoms with Crippen molar-refractivity contribution in [2.24, 2.45) is 7.05 Å². The Morgan fingerprint density at radius 3 is 2.76 bits per heavy atom. The highest BCUT2D eigenvalue weighted by atomic mass is 16.4. The first-order valence-electron chi connectivity index (χ1n) is 5.11. The van der Waals surface area contributed by atoms with Gasteiger partial charge in [0.2, 0.25) is 0 Å². The van der Waals surface area contributed by atoms with Crippen LogP contribution in [0.2, 0.25) is 0 Å². The van der Waals surface area contributed by atoms with Crippen LogP contribution in [-0.4, -0.2) is 25.7 Å². The number of carboxylic acid groups (broad SMARTS) is 1. The molecule has 0 radical (unpaired) electrons. The topological polar surface area (TPSA) is 78.2 Å². The Kier molecular flexibility index (Phi) is 1.75. The Hall–Kier alpha value is -2.43. The quantitative estimate of drug-likeness (QED) is 0.598. The number of hydrogen-bond acceptors (Lipinski definition) is 2. The number of aromatic carboxylic acids is 1. The number of rotatable bonds is 1. The summed E-state index contributed by atoms with van der Waals surface area (Å²) in [5.74, 6) is -0.785. The minimum absolute atomic E-state index is 0.167. The fourth-order valence-corrected chi connectivity index (χ4v) is 2.17. The van der Waals surface area contributed by atoms with E-state index in [4.69, 9.17) is 5.11 Å². The van der Waals surface area contributed by atoms with E-state index in [1.165, 1.54) is 0 Å². The number of aromatic hydroxyl groups is 1. The fraction of sp³-hybridized carbons (Fsp3) is 0.0833. The van der Waals surface area contributed by atoms with Gasteiger partial charge < -0.3 is 19.8 Å². The molecule has 0 aliphatic carbocycles. The first-order valence-corrected chi connectivity index (χ1v) is 5.11. The highest BCUT2D eigenvalue weighted by Crippen LogP contribution is 2.30. The van der Waals surface area contributed by atoms with Crippen LogP contribution in [0, 0.1) is 0 Å². The Balaban J connectivity index is 2.46. The molecule has 0 aliphatic rings. The second-order valence-electron chi connectivity index (χ2n) is 4.01. The van der Waals surface area contributed by atoms with E-state index in [1.54, 1.807) is 24.3 Å². The summed E-state index contributed by atoms with van der Waals surface area (Å²) in [6.07, 6.45) is 0. The van der Waals surface area contributed by atoms with E-state index in [0.717, 1.165) is 21.9 Å². The van der Waals surface area contributed by atoms with Crippen LogP contribution in [0.25, 0.3) is 21.9 Å². The maximum absolute atomic E-state index is 10.9. The van der Waals surface area contributed by atoms with E-state index in [-0.39, 0.29) is 11.4 Å². The third-order valence-corrected chi connectivity index (χ3v) is 3.00. The van der Waals surface area contributed by atoms with Gasteiger partial charge in [-0.3, -0.25) is 0 Å². The number of phenols is 1. The Labute approximate surface area is 95.9 Å². The monoisotopic (exact) mass is 230 g/mol. The van der Waals surface area contributed by atoms with Crippen LogP contribution in [0.1, 0.15) is 10.5 Å². The molecule has 2 heterocycles. The minimum atomic E-state index is -0.979. The zero-order valence-corrected chi connectivity index (χ0v) is 9.06. The van der Waals surface area contributed by atoms with E-state index in [0.29, 0.717) is 0 Å². The predicted molar refractivity (Wildman–Crippen MR) is 63.4 cm³/mol. The number of phenolic OH excluding ortho intramolecular Hbond substituents is 1. The van der Waals surface area contributed by atoms with Crippen LogP contribution in [0.5, 0.6) is 5.75 Å². The third kappa shape index (κ3) is 1.22. The van der Waals surface area contributed by atoms with Crippen LogP contribution >= 0.6 is 0 Å². The number of fused-ring (bicyclic) bond motifs is 3. The fourth-order valence-electron chi connectivity index (χ4n) is 2.17. The zero-order chi connectivity index (χ0) is 12.2. The van der Waals surface area contributed by atoms with Crippen molar-refractivity contribution in [2.45, 2.75) is 0 Å². The summed E-state index contributed by atoms with van der Waals surface area (Å²) in [6.45, 7) is 0. The molecule has 0 fully saturated rings. The molecule has 3 aromatic rings. The summed E-state index contributed by atoms with van der Waals surface area (Å²) in [6, 6.07) is 6.64. The molecule has 5 heteroatoms. The van der Waals surface area contributed by atoms with Crippen LogP contribution in [0.3, 0.4) is 0 Å². The molecular weight excluding hydrogens is 220 g/mol. The van der Waals surface area contributed by atoms with Gasteiger partial charge in [0, 0.05) is 23.9 Å². The van der Waals surface area contributed by atoms with Gasteiger partial charge in [-0.25, -0.2) is 4.79 Å². The van der Waals surface area contributed by atoms with Gasteiger partial charge in [-0.2, -0.15) is 0 Å². The normalized spacial score (nSPS) is 11.4. The molecule has 3 rings (SSSR count). The molecule has 86 valence electrons. The molecule has 5 nitrogen and oxygen atoms in total. The first kappa shape index (κ1) is 9.77. The van der Waals surface area contributed by atoms with Crippen molar-refractivity contribution >= 4 is 27.9 Å². The van der Waals surface area contributed by atoms with Gasteiger partial charge >= 0.3 is 5.97 Å². The van der Waals surface area contributed by atoms with Crippen molar-refractivity contribution in [3.8, 4) is 5.75 Å². The Morgan fingerprint density at radius 1 is 1.29 bits per heavy atom. The van der Waals surface area contributed by atoms with Crippen molar-refractivity contribution < 1.29 is 15.0 Å². The number of hydrogen-bond donors (Lipinski definition) is 3. The van der Waals surface area contributed by atoms with Gasteiger partial charge in [0.15, 0.2) is 0 Å². The average Bonchev–Trinajstić information content (AvgIpc) is 2.80. The first-order chi connectivity index (χ1) is 8.08. The Morgan fingerprint density at radius 2 is 2.06 bits per heavy atom. The molecule has 0 unspecified atom stereocenters. The summed E-state index contributed by atoms with van der Waals surface area (Å²) in [5.41, 5.74) is 1.77. The van der Waals surface area contributed by atoms with E-state index < -0.39 is 5.97 Å². The number of aryl methyl sites for hydroxylation is 1. The standard InChI is InChI=1S/C12H10N2O3/c1-14-10-4-6(15)2-3-7(10)8-5-9(12(16)17)13-11(8)14/h2-5,13,15H,1H3,(H,16,17). The minimum Gasteiger partial charge on any atom is -0.508 e. The lowest BCUT2D eigenvalue weighted by Crippen LogP contribution is -1.96. The number of carboxylic acids is 1. The van der Waals surface area contributed by atoms with Crippen molar-refractivity contribution in [1.29, 1.82) is 0 Å². The highest BCUT2D eigenvalue weighted by Gasteiger charge is 2.14. The van der Waals surface area contributed by atoms with Crippen molar-refractivity contribution in [3.63, 3.8) is 0 Å². The lowest BCUT2D eigenvalue weighted by Gasteiger charge is -1.98. The third-order valence-electron chi connectivity index (χ3n) is 3.00. The van der Waals surface area contributed by atoms with Gasteiger partial charge in [0.25, 0.3) is 0 Å². The van der Waals surface area contributed by atoms with E-state index >= 15 is 0 Å². The smallest absolute Gasteiger partial charge is 0.352 e. The van der Waals surface area contributed by atoms with Crippen molar-refractivity contribution in [3.05, 3.63) is 30.0 Å². The van der Waals surface area contributed by atoms with Crippen LogP contribution in [0.15, 0.2) is 24.3 Å². The second kappa shape index (κ2) is 3.04. The molecule has 17 heavy (non-hydrogen) atoms. The predicted octanol–water partition coefficient (Wildman–Crippen LogP) is 2.06. The lowest BCUT2D eigenvalue weighted by molar-refractivity contribution is 0.0691. The molecule has 1 aromatic carbocycles. The molecule has 0 spiro atoms. The van der Waals surface area contributed by atoms with Gasteiger partial charge in [-0.05, 0) is 18.2 Å². The van der Waals surface area contributed by atoms with Gasteiger partial charge in [0.1, 0.15) is 17.1 Å².